The van der Waals surface area contributed by atoms with Crippen LogP contribution in [-0.2, 0) is 0 Å². The minimum atomic E-state index is -0.0970. The fourth-order valence-corrected chi connectivity index (χ4v) is 5.17. The molecule has 3 aliphatic rings. The summed E-state index contributed by atoms with van der Waals surface area (Å²) in [4.78, 5) is 30.1. The second-order valence-corrected chi connectivity index (χ2v) is 8.58. The summed E-state index contributed by atoms with van der Waals surface area (Å²) in [7, 11) is 0. The summed E-state index contributed by atoms with van der Waals surface area (Å²) in [6, 6.07) is 4.10. The lowest BCUT2D eigenvalue weighted by Gasteiger charge is -2.46. The van der Waals surface area contributed by atoms with Gasteiger partial charge in [0.1, 0.15) is 11.8 Å². The third-order valence-corrected chi connectivity index (χ3v) is 6.68. The molecule has 0 N–H and O–H groups in total. The predicted molar refractivity (Wildman–Crippen MR) is 105 cm³/mol. The molecule has 3 aromatic rings. The highest BCUT2D eigenvalue weighted by molar-refractivity contribution is 5.96. The maximum Gasteiger partial charge on any atom is 0.316 e. The van der Waals surface area contributed by atoms with E-state index in [0.717, 1.165) is 30.6 Å². The topological polar surface area (TPSA) is 98.9 Å². The lowest BCUT2D eigenvalue weighted by Crippen LogP contribution is -2.59. The summed E-state index contributed by atoms with van der Waals surface area (Å²) >= 11 is 0. The van der Waals surface area contributed by atoms with Gasteiger partial charge in [0.25, 0.3) is 5.91 Å². The fraction of sp³-hybridized carbons (Fsp3) is 0.429. The zero-order valence-electron chi connectivity index (χ0n) is 16.8. The van der Waals surface area contributed by atoms with E-state index in [1.54, 1.807) is 24.8 Å². The number of carbonyl (C=O) groups is 1. The molecule has 0 bridgehead atoms. The van der Waals surface area contributed by atoms with Gasteiger partial charge in [-0.2, -0.15) is 10.2 Å². The zero-order chi connectivity index (χ0) is 20.5. The summed E-state index contributed by atoms with van der Waals surface area (Å²) in [6.07, 6.45) is 8.67. The Bertz CT molecular complexity index is 1130. The van der Waals surface area contributed by atoms with E-state index in [-0.39, 0.29) is 23.5 Å². The van der Waals surface area contributed by atoms with Gasteiger partial charge in [-0.15, -0.1) is 4.80 Å². The number of piperidine rings is 1. The van der Waals surface area contributed by atoms with E-state index in [4.69, 9.17) is 4.74 Å². The molecule has 0 radical (unpaired) electrons. The first kappa shape index (κ1) is 17.5. The monoisotopic (exact) mass is 403 g/mol. The summed E-state index contributed by atoms with van der Waals surface area (Å²) in [6.45, 7) is 4.55. The number of rotatable bonds is 4. The summed E-state index contributed by atoms with van der Waals surface area (Å²) in [5.41, 5.74) is 2.92. The van der Waals surface area contributed by atoms with Crippen LogP contribution < -0.4 is 4.74 Å². The first-order valence-electron chi connectivity index (χ1n) is 10.2. The lowest BCUT2D eigenvalue weighted by molar-refractivity contribution is -0.0369. The summed E-state index contributed by atoms with van der Waals surface area (Å²) < 4.78 is 6.09. The van der Waals surface area contributed by atoms with Gasteiger partial charge in [-0.25, -0.2) is 15.0 Å². The average molecular weight is 403 g/mol. The van der Waals surface area contributed by atoms with Crippen LogP contribution in [0.3, 0.4) is 0 Å². The number of hydrogen-bond donors (Lipinski definition) is 0. The molecule has 30 heavy (non-hydrogen) atoms. The Labute approximate surface area is 173 Å². The van der Waals surface area contributed by atoms with Crippen molar-refractivity contribution in [1.29, 1.82) is 0 Å². The van der Waals surface area contributed by atoms with Gasteiger partial charge in [-0.3, -0.25) is 4.79 Å². The highest BCUT2D eigenvalue weighted by Crippen LogP contribution is 2.71. The largest absolute Gasteiger partial charge is 0.458 e. The third kappa shape index (κ3) is 2.47. The minimum absolute atomic E-state index is 0.0284. The Morgan fingerprint density at radius 2 is 1.90 bits per heavy atom. The van der Waals surface area contributed by atoms with Gasteiger partial charge < -0.3 is 9.64 Å². The molecule has 1 spiro atoms. The van der Waals surface area contributed by atoms with Gasteiger partial charge >= 0.3 is 6.01 Å². The number of nitrogens with zero attached hydrogens (tertiary/aromatic N) is 7. The standard InChI is InChI=1S/C21H21N7O2/c1-12-9-22-20(23-10-12)30-16-8-21-7-14(21)11-27(18(16)21)19(29)17-15(4-3-13(2)26-17)28-24-5-6-25-28/h3-6,9-10,14,16,18H,7-8,11H2,1-2H3. The maximum atomic E-state index is 13.6. The van der Waals surface area contributed by atoms with E-state index in [9.17, 15) is 4.79 Å². The third-order valence-electron chi connectivity index (χ3n) is 6.68. The first-order chi connectivity index (χ1) is 14.5. The Balaban J connectivity index is 1.30. The van der Waals surface area contributed by atoms with Crippen molar-refractivity contribution in [2.75, 3.05) is 6.54 Å². The van der Waals surface area contributed by atoms with Crippen LogP contribution >= 0.6 is 0 Å². The molecule has 3 fully saturated rings. The lowest BCUT2D eigenvalue weighted by atomic mass is 9.73. The fourth-order valence-electron chi connectivity index (χ4n) is 5.17. The molecule has 2 saturated carbocycles. The average Bonchev–Trinajstić information content (AvgIpc) is 3.10. The Kier molecular flexibility index (Phi) is 3.54. The number of hydrogen-bond acceptors (Lipinski definition) is 7. The van der Waals surface area contributed by atoms with Crippen molar-refractivity contribution in [3.8, 4) is 11.7 Å². The van der Waals surface area contributed by atoms with Crippen LogP contribution in [0.4, 0.5) is 0 Å². The first-order valence-corrected chi connectivity index (χ1v) is 10.2. The molecule has 6 rings (SSSR count). The van der Waals surface area contributed by atoms with Crippen molar-refractivity contribution in [2.45, 2.75) is 38.8 Å². The number of aryl methyl sites for hydroxylation is 2. The molecular formula is C21H21N7O2. The van der Waals surface area contributed by atoms with E-state index >= 15 is 0 Å². The zero-order valence-corrected chi connectivity index (χ0v) is 16.8. The van der Waals surface area contributed by atoms with E-state index < -0.39 is 0 Å². The summed E-state index contributed by atoms with van der Waals surface area (Å²) in [5.74, 6) is 0.446. The predicted octanol–water partition coefficient (Wildman–Crippen LogP) is 1.75. The molecule has 152 valence electrons. The highest BCUT2D eigenvalue weighted by atomic mass is 16.5. The van der Waals surface area contributed by atoms with Gasteiger partial charge in [0, 0.05) is 30.0 Å². The van der Waals surface area contributed by atoms with E-state index in [0.29, 0.717) is 23.3 Å². The van der Waals surface area contributed by atoms with Crippen LogP contribution in [0.5, 0.6) is 6.01 Å². The van der Waals surface area contributed by atoms with Gasteiger partial charge in [0.05, 0.1) is 18.4 Å². The highest BCUT2D eigenvalue weighted by Gasteiger charge is 2.76. The number of carbonyl (C=O) groups excluding carboxylic acids is 1. The molecule has 3 aromatic heterocycles. The van der Waals surface area contributed by atoms with Crippen LogP contribution in [0.15, 0.2) is 36.9 Å². The van der Waals surface area contributed by atoms with Crippen molar-refractivity contribution >= 4 is 5.91 Å². The molecule has 4 atom stereocenters. The van der Waals surface area contributed by atoms with Crippen molar-refractivity contribution in [2.24, 2.45) is 11.3 Å². The van der Waals surface area contributed by atoms with E-state index in [2.05, 4.69) is 25.1 Å². The van der Waals surface area contributed by atoms with Crippen molar-refractivity contribution < 1.29 is 9.53 Å². The minimum Gasteiger partial charge on any atom is -0.458 e. The van der Waals surface area contributed by atoms with Gasteiger partial charge in [-0.05, 0) is 50.3 Å². The molecule has 2 aliphatic carbocycles. The van der Waals surface area contributed by atoms with Gasteiger partial charge in [-0.1, -0.05) is 0 Å². The van der Waals surface area contributed by atoms with Crippen LogP contribution in [0.2, 0.25) is 0 Å². The molecule has 1 amide bonds. The van der Waals surface area contributed by atoms with Crippen LogP contribution in [0, 0.1) is 25.2 Å². The molecular weight excluding hydrogens is 382 g/mol. The van der Waals surface area contributed by atoms with Crippen LogP contribution in [-0.4, -0.2) is 59.4 Å². The molecule has 4 unspecified atom stereocenters. The Morgan fingerprint density at radius 1 is 1.13 bits per heavy atom. The molecule has 1 aliphatic heterocycles. The summed E-state index contributed by atoms with van der Waals surface area (Å²) in [5, 5.41) is 8.38. The second-order valence-electron chi connectivity index (χ2n) is 8.58. The maximum absolute atomic E-state index is 13.6. The number of likely N-dealkylation sites (tertiary alicyclic amines) is 1. The van der Waals surface area contributed by atoms with Gasteiger partial charge in [0.2, 0.25) is 0 Å². The van der Waals surface area contributed by atoms with Crippen LogP contribution in [0.1, 0.15) is 34.6 Å². The number of ether oxygens (including phenoxy) is 1. The number of pyridine rings is 1. The number of aromatic nitrogens is 6. The molecule has 0 aromatic carbocycles. The Hall–Kier alpha value is -3.36. The smallest absolute Gasteiger partial charge is 0.316 e. The molecule has 9 nitrogen and oxygen atoms in total. The van der Waals surface area contributed by atoms with Crippen LogP contribution in [0.25, 0.3) is 5.69 Å². The second kappa shape index (κ2) is 6.07. The molecule has 1 saturated heterocycles. The normalized spacial score (nSPS) is 28.5. The van der Waals surface area contributed by atoms with Crippen molar-refractivity contribution in [3.05, 3.63) is 53.9 Å². The SMILES string of the molecule is Cc1cnc(OC2CC34CC3CN(C(=O)c3nc(C)ccc3-n3nccn3)C24)nc1. The van der Waals surface area contributed by atoms with Crippen molar-refractivity contribution in [3.63, 3.8) is 0 Å². The molecule has 9 heteroatoms. The van der Waals surface area contributed by atoms with E-state index in [1.165, 1.54) is 4.80 Å². The number of amides is 1. The van der Waals surface area contributed by atoms with Gasteiger partial charge in [0.15, 0.2) is 5.69 Å². The molecule has 4 heterocycles. The van der Waals surface area contributed by atoms with E-state index in [1.807, 2.05) is 30.9 Å². The quantitative estimate of drug-likeness (QED) is 0.654. The Morgan fingerprint density at radius 3 is 2.67 bits per heavy atom. The van der Waals surface area contributed by atoms with Crippen molar-refractivity contribution in [1.82, 2.24) is 34.8 Å².